The summed E-state index contributed by atoms with van der Waals surface area (Å²) >= 11 is 0. The average Bonchev–Trinajstić information content (AvgIpc) is 2.85. The second-order valence-electron chi connectivity index (χ2n) is 8.48. The zero-order chi connectivity index (χ0) is 23.8. The molecule has 0 radical (unpaired) electrons. The number of likely N-dealkylation sites (tertiary alicyclic amines) is 1. The Morgan fingerprint density at radius 3 is 1.65 bits per heavy atom. The van der Waals surface area contributed by atoms with Crippen molar-refractivity contribution in [2.75, 3.05) is 26.3 Å². The molecule has 34 heavy (non-hydrogen) atoms. The first-order valence-corrected chi connectivity index (χ1v) is 12.0. The SMILES string of the molecule is CCOc1ccc(/C=C2\CN(Cc3ccccc3)C/C(=C\c3ccc(OCC)cc3)C2O)cc1. The van der Waals surface area contributed by atoms with E-state index in [4.69, 9.17) is 9.47 Å². The molecule has 1 saturated heterocycles. The van der Waals surface area contributed by atoms with E-state index in [2.05, 4.69) is 41.3 Å². The Kier molecular flexibility index (Phi) is 8.18. The van der Waals surface area contributed by atoms with Gasteiger partial charge in [0.1, 0.15) is 11.5 Å². The summed E-state index contributed by atoms with van der Waals surface area (Å²) in [5.41, 5.74) is 5.35. The van der Waals surface area contributed by atoms with E-state index >= 15 is 0 Å². The molecule has 176 valence electrons. The van der Waals surface area contributed by atoms with Crippen molar-refractivity contribution < 1.29 is 14.6 Å². The molecule has 3 aromatic carbocycles. The predicted molar refractivity (Wildman–Crippen MR) is 139 cm³/mol. The largest absolute Gasteiger partial charge is 0.494 e. The van der Waals surface area contributed by atoms with Gasteiger partial charge in [-0.3, -0.25) is 4.90 Å². The Morgan fingerprint density at radius 2 is 1.21 bits per heavy atom. The Morgan fingerprint density at radius 1 is 0.735 bits per heavy atom. The molecule has 4 heteroatoms. The van der Waals surface area contributed by atoms with Gasteiger partial charge in [0.25, 0.3) is 0 Å². The number of hydrogen-bond acceptors (Lipinski definition) is 4. The smallest absolute Gasteiger partial charge is 0.119 e. The zero-order valence-corrected chi connectivity index (χ0v) is 20.0. The maximum absolute atomic E-state index is 11.3. The second kappa shape index (κ2) is 11.7. The molecule has 4 nitrogen and oxygen atoms in total. The zero-order valence-electron chi connectivity index (χ0n) is 20.0. The number of aliphatic hydroxyl groups is 1. The molecule has 0 aromatic heterocycles. The molecule has 1 aliphatic heterocycles. The summed E-state index contributed by atoms with van der Waals surface area (Å²) in [7, 11) is 0. The van der Waals surface area contributed by atoms with Crippen LogP contribution in [0.2, 0.25) is 0 Å². The molecule has 0 amide bonds. The highest BCUT2D eigenvalue weighted by Crippen LogP contribution is 2.27. The van der Waals surface area contributed by atoms with Gasteiger partial charge in [-0.2, -0.15) is 0 Å². The molecule has 0 aliphatic carbocycles. The number of piperidine rings is 1. The highest BCUT2D eigenvalue weighted by atomic mass is 16.5. The first kappa shape index (κ1) is 23.8. The van der Waals surface area contributed by atoms with E-state index in [1.165, 1.54) is 5.56 Å². The minimum absolute atomic E-state index is 0.620. The van der Waals surface area contributed by atoms with Crippen LogP contribution in [-0.2, 0) is 6.54 Å². The number of rotatable bonds is 8. The first-order valence-electron chi connectivity index (χ1n) is 12.0. The van der Waals surface area contributed by atoms with Gasteiger partial charge in [-0.1, -0.05) is 66.7 Å². The van der Waals surface area contributed by atoms with Crippen molar-refractivity contribution in [2.24, 2.45) is 0 Å². The van der Waals surface area contributed by atoms with Crippen molar-refractivity contribution in [3.63, 3.8) is 0 Å². The van der Waals surface area contributed by atoms with Gasteiger partial charge < -0.3 is 14.6 Å². The normalized spacial score (nSPS) is 17.3. The Hall–Kier alpha value is -3.34. The third-order valence-electron chi connectivity index (χ3n) is 5.85. The van der Waals surface area contributed by atoms with E-state index in [1.807, 2.05) is 68.4 Å². The van der Waals surface area contributed by atoms with Gasteiger partial charge in [-0.15, -0.1) is 0 Å². The lowest BCUT2D eigenvalue weighted by atomic mass is 9.92. The first-order chi connectivity index (χ1) is 16.6. The van der Waals surface area contributed by atoms with Gasteiger partial charge >= 0.3 is 0 Å². The molecular formula is C30H33NO3. The minimum atomic E-state index is -0.620. The molecule has 1 N–H and O–H groups in total. The van der Waals surface area contributed by atoms with Crippen LogP contribution in [0.5, 0.6) is 11.5 Å². The van der Waals surface area contributed by atoms with Gasteiger partial charge in [-0.25, -0.2) is 0 Å². The third kappa shape index (κ3) is 6.37. The summed E-state index contributed by atoms with van der Waals surface area (Å²) in [6, 6.07) is 26.5. The molecule has 0 saturated carbocycles. The quantitative estimate of drug-likeness (QED) is 0.464. The molecule has 0 spiro atoms. The van der Waals surface area contributed by atoms with Crippen LogP contribution in [0.25, 0.3) is 12.2 Å². The third-order valence-corrected chi connectivity index (χ3v) is 5.85. The van der Waals surface area contributed by atoms with E-state index in [-0.39, 0.29) is 0 Å². The highest BCUT2D eigenvalue weighted by molar-refractivity contribution is 5.62. The molecule has 0 bridgehead atoms. The monoisotopic (exact) mass is 455 g/mol. The Labute approximate surface area is 202 Å². The average molecular weight is 456 g/mol. The molecular weight excluding hydrogens is 422 g/mol. The summed E-state index contributed by atoms with van der Waals surface area (Å²) in [5.74, 6) is 1.71. The second-order valence-corrected chi connectivity index (χ2v) is 8.48. The molecule has 0 unspecified atom stereocenters. The predicted octanol–water partition coefficient (Wildman–Crippen LogP) is 5.83. The molecule has 0 atom stereocenters. The van der Waals surface area contributed by atoms with E-state index in [0.717, 1.165) is 40.3 Å². The van der Waals surface area contributed by atoms with Crippen molar-refractivity contribution in [1.29, 1.82) is 0 Å². The maximum atomic E-state index is 11.3. The van der Waals surface area contributed by atoms with Crippen molar-refractivity contribution in [3.05, 3.63) is 107 Å². The number of hydrogen-bond donors (Lipinski definition) is 1. The van der Waals surface area contributed by atoms with Gasteiger partial charge in [0.2, 0.25) is 0 Å². The fourth-order valence-electron chi connectivity index (χ4n) is 4.27. The van der Waals surface area contributed by atoms with Crippen molar-refractivity contribution in [2.45, 2.75) is 26.5 Å². The molecule has 3 aromatic rings. The van der Waals surface area contributed by atoms with Gasteiger partial charge in [0, 0.05) is 19.6 Å². The summed E-state index contributed by atoms with van der Waals surface area (Å²) in [5, 5.41) is 11.3. The van der Waals surface area contributed by atoms with Gasteiger partial charge in [0.15, 0.2) is 0 Å². The molecule has 4 rings (SSSR count). The van der Waals surface area contributed by atoms with E-state index in [0.29, 0.717) is 26.3 Å². The molecule has 1 heterocycles. The van der Waals surface area contributed by atoms with Crippen LogP contribution < -0.4 is 9.47 Å². The number of benzene rings is 3. The number of nitrogens with zero attached hydrogens (tertiary/aromatic N) is 1. The Balaban J connectivity index is 1.61. The minimum Gasteiger partial charge on any atom is -0.494 e. The van der Waals surface area contributed by atoms with Crippen LogP contribution in [0.4, 0.5) is 0 Å². The highest BCUT2D eigenvalue weighted by Gasteiger charge is 2.26. The fraction of sp³-hybridized carbons (Fsp3) is 0.267. The topological polar surface area (TPSA) is 41.9 Å². The summed E-state index contributed by atoms with van der Waals surface area (Å²) in [6.07, 6.45) is 3.58. The van der Waals surface area contributed by atoms with Crippen LogP contribution in [-0.4, -0.2) is 42.4 Å². The maximum Gasteiger partial charge on any atom is 0.119 e. The molecule has 1 fully saturated rings. The Bertz CT molecular complexity index is 1030. The summed E-state index contributed by atoms with van der Waals surface area (Å²) < 4.78 is 11.1. The molecule has 1 aliphatic rings. The summed E-state index contributed by atoms with van der Waals surface area (Å²) in [6.45, 7) is 7.50. The van der Waals surface area contributed by atoms with Gasteiger partial charge in [-0.05, 0) is 65.9 Å². The van der Waals surface area contributed by atoms with E-state index in [9.17, 15) is 5.11 Å². The lowest BCUT2D eigenvalue weighted by molar-refractivity contribution is 0.180. The van der Waals surface area contributed by atoms with Crippen LogP contribution in [0, 0.1) is 0 Å². The lowest BCUT2D eigenvalue weighted by Gasteiger charge is -2.34. The van der Waals surface area contributed by atoms with Crippen LogP contribution in [0.3, 0.4) is 0 Å². The van der Waals surface area contributed by atoms with Crippen molar-refractivity contribution in [3.8, 4) is 11.5 Å². The van der Waals surface area contributed by atoms with Crippen LogP contribution in [0.15, 0.2) is 90.0 Å². The lowest BCUT2D eigenvalue weighted by Crippen LogP contribution is -2.39. The fourth-order valence-corrected chi connectivity index (χ4v) is 4.27. The van der Waals surface area contributed by atoms with Crippen molar-refractivity contribution >= 4 is 12.2 Å². The number of aliphatic hydroxyl groups excluding tert-OH is 1. The number of ether oxygens (including phenoxy) is 2. The van der Waals surface area contributed by atoms with Crippen molar-refractivity contribution in [1.82, 2.24) is 4.90 Å². The van der Waals surface area contributed by atoms with Crippen LogP contribution >= 0.6 is 0 Å². The van der Waals surface area contributed by atoms with E-state index < -0.39 is 6.10 Å². The summed E-state index contributed by atoms with van der Waals surface area (Å²) in [4.78, 5) is 2.38. The van der Waals surface area contributed by atoms with Crippen LogP contribution in [0.1, 0.15) is 30.5 Å². The van der Waals surface area contributed by atoms with E-state index in [1.54, 1.807) is 0 Å². The van der Waals surface area contributed by atoms with Gasteiger partial charge in [0.05, 0.1) is 19.3 Å². The standard InChI is InChI=1S/C30H33NO3/c1-3-33-28-14-10-23(11-15-28)18-26-21-31(20-25-8-6-5-7-9-25)22-27(30(26)32)19-24-12-16-29(17-13-24)34-4-2/h5-19,30,32H,3-4,20-22H2,1-2H3/b26-18+,27-19+.